The van der Waals surface area contributed by atoms with Crippen molar-refractivity contribution < 1.29 is 33.8 Å². The van der Waals surface area contributed by atoms with Crippen LogP contribution in [-0.2, 0) is 37.0 Å². The first-order valence-corrected chi connectivity index (χ1v) is 26.8. The van der Waals surface area contributed by atoms with Gasteiger partial charge in [-0.3, -0.25) is 33.7 Å². The maximum Gasteiger partial charge on any atom is 0.253 e. The van der Waals surface area contributed by atoms with Gasteiger partial charge in [0.2, 0.25) is 23.6 Å². The molecule has 3 aromatic heterocycles. The predicted octanol–water partition coefficient (Wildman–Crippen LogP) is 4.30. The second kappa shape index (κ2) is 25.7. The molecule has 2 aromatic carbocycles. The van der Waals surface area contributed by atoms with Crippen LogP contribution in [0.4, 0.5) is 11.5 Å². The van der Waals surface area contributed by atoms with Crippen LogP contribution in [0.25, 0.3) is 21.6 Å². The van der Waals surface area contributed by atoms with E-state index in [2.05, 4.69) is 46.4 Å². The molecule has 5 heterocycles. The number of aryl methyl sites for hydroxylation is 3. The molecule has 7 rings (SSSR count). The van der Waals surface area contributed by atoms with E-state index in [9.17, 15) is 33.9 Å². The minimum Gasteiger partial charge on any atom is -0.391 e. The van der Waals surface area contributed by atoms with Gasteiger partial charge in [-0.05, 0) is 92.6 Å². The summed E-state index contributed by atoms with van der Waals surface area (Å²) in [7, 11) is 0. The van der Waals surface area contributed by atoms with Crippen LogP contribution in [-0.4, -0.2) is 149 Å². The lowest BCUT2D eigenvalue weighted by Crippen LogP contribution is -2.58. The summed E-state index contributed by atoms with van der Waals surface area (Å²) in [6, 6.07) is 15.3. The van der Waals surface area contributed by atoms with Crippen molar-refractivity contribution in [2.24, 2.45) is 5.41 Å². The lowest BCUT2D eigenvalue weighted by molar-refractivity contribution is -0.145. The molecule has 2 saturated heterocycles. The monoisotopic (exact) mass is 1070 g/mol. The zero-order chi connectivity index (χ0) is 55.6. The molecule has 3 atom stereocenters. The second-order valence-corrected chi connectivity index (χ2v) is 21.9. The quantitative estimate of drug-likeness (QED) is 0.0478. The summed E-state index contributed by atoms with van der Waals surface area (Å²) < 4.78 is 5.46. The smallest absolute Gasteiger partial charge is 0.253 e. The third-order valence-electron chi connectivity index (χ3n) is 13.6. The minimum atomic E-state index is -1.05. The zero-order valence-electron chi connectivity index (χ0n) is 45.2. The summed E-state index contributed by atoms with van der Waals surface area (Å²) in [4.78, 5) is 98.5. The van der Waals surface area contributed by atoms with Gasteiger partial charge in [-0.15, -0.1) is 11.3 Å². The van der Waals surface area contributed by atoms with Crippen molar-refractivity contribution in [2.75, 3.05) is 69.2 Å². The molecule has 8 N–H and O–H groups in total. The Morgan fingerprint density at radius 3 is 2.25 bits per heavy atom. The summed E-state index contributed by atoms with van der Waals surface area (Å²) in [5, 5.41) is 33.6. The van der Waals surface area contributed by atoms with Gasteiger partial charge in [0, 0.05) is 112 Å². The van der Waals surface area contributed by atoms with Crippen molar-refractivity contribution in [2.45, 2.75) is 99.1 Å². The highest BCUT2D eigenvalue weighted by Gasteiger charge is 2.44. The molecule has 0 bridgehead atoms. The van der Waals surface area contributed by atoms with Crippen molar-refractivity contribution in [3.63, 3.8) is 0 Å². The number of amides is 5. The van der Waals surface area contributed by atoms with Gasteiger partial charge in [0.05, 0.1) is 27.7 Å². The van der Waals surface area contributed by atoms with Crippen molar-refractivity contribution in [3.05, 3.63) is 116 Å². The fourth-order valence-electron chi connectivity index (χ4n) is 9.53. The number of ether oxygens (including phenoxy) is 1. The summed E-state index contributed by atoms with van der Waals surface area (Å²) in [5.74, 6) is -1.51. The number of likely N-dealkylation sites (tertiary alicyclic amines) is 1. The van der Waals surface area contributed by atoms with Crippen LogP contribution in [0.2, 0.25) is 0 Å². The van der Waals surface area contributed by atoms with Gasteiger partial charge in [0.1, 0.15) is 31.1 Å². The first kappa shape index (κ1) is 57.4. The molecule has 77 heavy (non-hydrogen) atoms. The number of nitrogens with one attached hydrogen (secondary N) is 7. The Morgan fingerprint density at radius 2 is 1.61 bits per heavy atom. The summed E-state index contributed by atoms with van der Waals surface area (Å²) in [5.41, 5.74) is 8.50. The Hall–Kier alpha value is -7.33. The highest BCUT2D eigenvalue weighted by molar-refractivity contribution is 7.13. The number of hydrogen-bond acceptors (Lipinski definition) is 15. The molecule has 21 heteroatoms. The number of hydrogen-bond donors (Lipinski definition) is 8. The maximum absolute atomic E-state index is 14.0. The number of aliphatic hydroxyl groups excluding tert-OH is 1. The highest BCUT2D eigenvalue weighted by atomic mass is 32.1. The van der Waals surface area contributed by atoms with Crippen molar-refractivity contribution in [1.82, 2.24) is 46.0 Å². The lowest BCUT2D eigenvalue weighted by atomic mass is 9.85. The summed E-state index contributed by atoms with van der Waals surface area (Å²) >= 11 is 1.56. The van der Waals surface area contributed by atoms with Crippen molar-refractivity contribution in [1.29, 1.82) is 5.41 Å². The SMILES string of the molecule is Cc1cc(C)c(CNC(=O)c2cc(-c3ccc(N4CCN(CCNC(=O)COCC(=O)N[C@H](C(=O)N5C[C@H](O)C[C@H]5C(=O)NCc5ccc(-c6scnc6C)cc5)C(C)(C)C)CC4)nc3)cc(NC(C)C)c2C=N)c(=O)[nH]1. The molecule has 2 fully saturated rings. The van der Waals surface area contributed by atoms with Crippen LogP contribution in [0.15, 0.2) is 71.1 Å². The molecule has 0 aliphatic carbocycles. The molecule has 0 radical (unpaired) electrons. The predicted molar refractivity (Wildman–Crippen MR) is 298 cm³/mol. The van der Waals surface area contributed by atoms with Crippen molar-refractivity contribution in [3.8, 4) is 21.6 Å². The van der Waals surface area contributed by atoms with Gasteiger partial charge in [-0.1, -0.05) is 45.0 Å². The van der Waals surface area contributed by atoms with E-state index in [-0.39, 0.29) is 44.3 Å². The fourth-order valence-corrected chi connectivity index (χ4v) is 10.3. The summed E-state index contributed by atoms with van der Waals surface area (Å²) in [6.45, 7) is 18.1. The van der Waals surface area contributed by atoms with Crippen LogP contribution in [0.1, 0.15) is 85.0 Å². The molecular formula is C56H72N12O8S. The van der Waals surface area contributed by atoms with E-state index in [1.807, 2.05) is 76.2 Å². The number of aliphatic hydroxyl groups is 1. The normalized spacial score (nSPS) is 16.2. The third kappa shape index (κ3) is 15.0. The van der Waals surface area contributed by atoms with Crippen LogP contribution >= 0.6 is 11.3 Å². The van der Waals surface area contributed by atoms with Gasteiger partial charge in [0.25, 0.3) is 11.5 Å². The van der Waals surface area contributed by atoms with Crippen molar-refractivity contribution >= 4 is 58.6 Å². The highest BCUT2D eigenvalue weighted by Crippen LogP contribution is 2.31. The Morgan fingerprint density at radius 1 is 0.896 bits per heavy atom. The van der Waals surface area contributed by atoms with E-state index in [0.29, 0.717) is 48.6 Å². The first-order valence-electron chi connectivity index (χ1n) is 25.9. The lowest BCUT2D eigenvalue weighted by Gasteiger charge is -2.35. The number of benzene rings is 2. The minimum absolute atomic E-state index is 0.0237. The van der Waals surface area contributed by atoms with Gasteiger partial charge in [-0.2, -0.15) is 0 Å². The van der Waals surface area contributed by atoms with Gasteiger partial charge in [0.15, 0.2) is 0 Å². The number of piperazine rings is 1. The second-order valence-electron chi connectivity index (χ2n) is 21.1. The zero-order valence-corrected chi connectivity index (χ0v) is 46.0. The van der Waals surface area contributed by atoms with E-state index >= 15 is 0 Å². The third-order valence-corrected chi connectivity index (χ3v) is 14.6. The molecule has 20 nitrogen and oxygen atoms in total. The topological polar surface area (TPSA) is 267 Å². The number of carbonyl (C=O) groups excluding carboxylic acids is 5. The number of rotatable bonds is 21. The van der Waals surface area contributed by atoms with Gasteiger partial charge in [-0.25, -0.2) is 9.97 Å². The van der Waals surface area contributed by atoms with E-state index in [1.54, 1.807) is 56.8 Å². The Bertz CT molecular complexity index is 2980. The number of pyridine rings is 2. The molecule has 0 unspecified atom stereocenters. The van der Waals surface area contributed by atoms with Gasteiger partial charge >= 0.3 is 0 Å². The molecule has 0 spiro atoms. The molecule has 2 aliphatic rings. The molecule has 5 amide bonds. The molecule has 5 aromatic rings. The number of anilines is 2. The van der Waals surface area contributed by atoms with E-state index in [1.165, 1.54) is 4.90 Å². The number of β-amino-alcohol motifs (C(OH)–C–C–N with tert-alkyl or cyclic N) is 1. The number of nitrogens with zero attached hydrogens (tertiary/aromatic N) is 5. The Labute approximate surface area is 453 Å². The largest absolute Gasteiger partial charge is 0.391 e. The summed E-state index contributed by atoms with van der Waals surface area (Å²) in [6.07, 6.45) is 2.08. The Kier molecular flexibility index (Phi) is 19.1. The molecule has 2 aliphatic heterocycles. The molecule has 410 valence electrons. The number of H-pyrrole nitrogens is 1. The molecule has 0 saturated carbocycles. The Balaban J connectivity index is 0.838. The standard InChI is InChI=1S/C56H72N12O8S/c1-33(2)63-45-23-40(22-42(43(45)25-57)52(72)61-28-44-34(3)21-35(4)64-53(44)73)39-13-14-47(59-27-39)67-19-17-66(18-20-67)16-15-58-48(70)30-76-31-49(71)65-51(56(6,7)8)55(75)68-29-41(69)24-46(68)54(74)60-26-37-9-11-38(12-10-37)50-36(5)62-32-77-50/h9-14,21-23,25,27,32-33,41,46,51,57,63,69H,15-20,24,26,28-31H2,1-8H3,(H,58,70)(H,60,74)(H,61,72)(H,64,73)(H,65,71)/t41-,46+,51-/m1/s1. The van der Waals surface area contributed by atoms with Crippen LogP contribution in [0.5, 0.6) is 0 Å². The number of aromatic nitrogens is 3. The number of aromatic amines is 1. The van der Waals surface area contributed by atoms with Crippen LogP contribution in [0.3, 0.4) is 0 Å². The molecular weight excluding hydrogens is 1000 g/mol. The number of carbonyl (C=O) groups is 5. The first-order chi connectivity index (χ1) is 36.7. The van der Waals surface area contributed by atoms with Crippen LogP contribution in [0, 0.1) is 31.6 Å². The average Bonchev–Trinajstić information content (AvgIpc) is 4.01. The van der Waals surface area contributed by atoms with Gasteiger partial charge < -0.3 is 56.6 Å². The van der Waals surface area contributed by atoms with E-state index in [4.69, 9.17) is 15.1 Å². The average molecular weight is 1070 g/mol. The maximum atomic E-state index is 14.0. The fraction of sp³-hybridized carbons (Fsp3) is 0.446. The van der Waals surface area contributed by atoms with E-state index < -0.39 is 59.7 Å². The van der Waals surface area contributed by atoms with Crippen LogP contribution < -0.4 is 37.0 Å². The van der Waals surface area contributed by atoms with E-state index in [0.717, 1.165) is 69.2 Å². The number of thiazole rings is 1.